The fourth-order valence-electron chi connectivity index (χ4n) is 4.05. The monoisotopic (exact) mass is 448 g/mol. The van der Waals surface area contributed by atoms with Gasteiger partial charge < -0.3 is 9.84 Å². The van der Waals surface area contributed by atoms with Crippen molar-refractivity contribution in [3.05, 3.63) is 77.3 Å². The van der Waals surface area contributed by atoms with Gasteiger partial charge in [0.05, 0.1) is 6.54 Å². The summed E-state index contributed by atoms with van der Waals surface area (Å²) in [5, 5.41) is 16.4. The van der Waals surface area contributed by atoms with Gasteiger partial charge in [-0.2, -0.15) is 5.10 Å². The summed E-state index contributed by atoms with van der Waals surface area (Å²) >= 11 is 5.93. The molecule has 6 nitrogen and oxygen atoms in total. The van der Waals surface area contributed by atoms with Crippen molar-refractivity contribution in [1.82, 2.24) is 19.7 Å². The van der Waals surface area contributed by atoms with Gasteiger partial charge in [0.15, 0.2) is 0 Å². The molecule has 2 aromatic carbocycles. The van der Waals surface area contributed by atoms with Gasteiger partial charge in [-0.05, 0) is 43.7 Å². The van der Waals surface area contributed by atoms with Crippen LogP contribution >= 0.6 is 11.6 Å². The molecule has 0 radical (unpaired) electrons. The number of hydrogen-bond donors (Lipinski definition) is 1. The molecule has 2 heterocycles. The SMILES string of the molecule is C[C@@H](N1CC[C@@H](Oc2ccc(Cl)cc2)C1)[C@](O)(Cn1cncn1)c1ccc(F)cc1F. The van der Waals surface area contributed by atoms with E-state index in [4.69, 9.17) is 16.3 Å². The second-order valence-electron chi connectivity index (χ2n) is 7.79. The van der Waals surface area contributed by atoms with Crippen LogP contribution in [0.25, 0.3) is 0 Å². The minimum Gasteiger partial charge on any atom is -0.489 e. The highest BCUT2D eigenvalue weighted by Crippen LogP contribution is 2.34. The number of aromatic nitrogens is 3. The van der Waals surface area contributed by atoms with E-state index < -0.39 is 23.3 Å². The zero-order chi connectivity index (χ0) is 22.0. The van der Waals surface area contributed by atoms with Crippen LogP contribution < -0.4 is 4.74 Å². The smallest absolute Gasteiger partial charge is 0.137 e. The molecule has 0 amide bonds. The summed E-state index contributed by atoms with van der Waals surface area (Å²) in [6.45, 7) is 2.99. The van der Waals surface area contributed by atoms with E-state index in [0.717, 1.165) is 18.6 Å². The first kappa shape index (κ1) is 21.7. The van der Waals surface area contributed by atoms with E-state index in [1.807, 2.05) is 24.0 Å². The predicted molar refractivity (Wildman–Crippen MR) is 112 cm³/mol. The third kappa shape index (κ3) is 4.71. The lowest BCUT2D eigenvalue weighted by molar-refractivity contribution is -0.0596. The molecule has 0 saturated carbocycles. The number of halogens is 3. The van der Waals surface area contributed by atoms with E-state index in [9.17, 15) is 13.9 Å². The maximum absolute atomic E-state index is 14.7. The number of hydrogen-bond acceptors (Lipinski definition) is 5. The average molecular weight is 449 g/mol. The normalized spacial score (nSPS) is 19.8. The molecule has 1 aliphatic rings. The van der Waals surface area contributed by atoms with Gasteiger partial charge in [0.1, 0.15) is 41.7 Å². The first-order valence-corrected chi connectivity index (χ1v) is 10.4. The molecule has 31 heavy (non-hydrogen) atoms. The third-order valence-electron chi connectivity index (χ3n) is 5.80. The van der Waals surface area contributed by atoms with E-state index in [1.165, 1.54) is 23.4 Å². The lowest BCUT2D eigenvalue weighted by Crippen LogP contribution is -2.51. The van der Waals surface area contributed by atoms with Gasteiger partial charge in [-0.15, -0.1) is 0 Å². The van der Waals surface area contributed by atoms with Crippen LogP contribution in [0.4, 0.5) is 8.78 Å². The molecular formula is C22H23ClF2N4O2. The van der Waals surface area contributed by atoms with Crippen molar-refractivity contribution in [1.29, 1.82) is 0 Å². The first-order valence-electron chi connectivity index (χ1n) is 10.0. The number of rotatable bonds is 7. The summed E-state index contributed by atoms with van der Waals surface area (Å²) in [7, 11) is 0. The molecular weight excluding hydrogens is 426 g/mol. The van der Waals surface area contributed by atoms with Gasteiger partial charge in [0.25, 0.3) is 0 Å². The Bertz CT molecular complexity index is 1020. The summed E-state index contributed by atoms with van der Waals surface area (Å²) < 4.78 is 35.7. The lowest BCUT2D eigenvalue weighted by Gasteiger charge is -2.39. The van der Waals surface area contributed by atoms with E-state index in [0.29, 0.717) is 23.9 Å². The van der Waals surface area contributed by atoms with Gasteiger partial charge >= 0.3 is 0 Å². The molecule has 1 saturated heterocycles. The molecule has 0 aliphatic carbocycles. The van der Waals surface area contributed by atoms with Gasteiger partial charge in [-0.1, -0.05) is 17.7 Å². The highest BCUT2D eigenvalue weighted by molar-refractivity contribution is 6.30. The Hall–Kier alpha value is -2.55. The fourth-order valence-corrected chi connectivity index (χ4v) is 4.18. The highest BCUT2D eigenvalue weighted by Gasteiger charge is 2.44. The molecule has 1 fully saturated rings. The topological polar surface area (TPSA) is 63.4 Å². The number of nitrogens with zero attached hydrogens (tertiary/aromatic N) is 4. The predicted octanol–water partition coefficient (Wildman–Crippen LogP) is 3.64. The second-order valence-corrected chi connectivity index (χ2v) is 8.23. The number of ether oxygens (including phenoxy) is 1. The maximum atomic E-state index is 14.7. The number of likely N-dealkylation sites (tertiary alicyclic amines) is 1. The Morgan fingerprint density at radius 2 is 2.03 bits per heavy atom. The van der Waals surface area contributed by atoms with Crippen molar-refractivity contribution in [2.24, 2.45) is 0 Å². The van der Waals surface area contributed by atoms with E-state index in [2.05, 4.69) is 10.1 Å². The maximum Gasteiger partial charge on any atom is 0.137 e. The summed E-state index contributed by atoms with van der Waals surface area (Å²) in [5.74, 6) is -0.788. The van der Waals surface area contributed by atoms with Crippen LogP contribution in [0.5, 0.6) is 5.75 Å². The van der Waals surface area contributed by atoms with Crippen molar-refractivity contribution < 1.29 is 18.6 Å². The Morgan fingerprint density at radius 1 is 1.26 bits per heavy atom. The zero-order valence-corrected chi connectivity index (χ0v) is 17.7. The van der Waals surface area contributed by atoms with Gasteiger partial charge in [-0.3, -0.25) is 4.90 Å². The quantitative estimate of drug-likeness (QED) is 0.598. The van der Waals surface area contributed by atoms with Crippen molar-refractivity contribution in [3.63, 3.8) is 0 Å². The average Bonchev–Trinajstić information content (AvgIpc) is 3.41. The van der Waals surface area contributed by atoms with Crippen molar-refractivity contribution >= 4 is 11.6 Å². The van der Waals surface area contributed by atoms with Crippen molar-refractivity contribution in [2.45, 2.75) is 37.6 Å². The van der Waals surface area contributed by atoms with Crippen LogP contribution in [-0.4, -0.2) is 50.0 Å². The molecule has 9 heteroatoms. The second kappa shape index (κ2) is 8.90. The molecule has 3 atom stereocenters. The van der Waals surface area contributed by atoms with Crippen LogP contribution in [0, 0.1) is 11.6 Å². The van der Waals surface area contributed by atoms with E-state index in [-0.39, 0.29) is 18.2 Å². The standard InChI is InChI=1S/C22H23ClF2N4O2/c1-15(28-9-8-19(11-28)31-18-5-2-16(23)3-6-18)22(30,12-29-14-26-13-27-29)20-7-4-17(24)10-21(20)25/h2-7,10,13-15,19,30H,8-9,11-12H2,1H3/t15-,19-,22-/m1/s1. The Morgan fingerprint density at radius 3 is 2.71 bits per heavy atom. The minimum atomic E-state index is -1.67. The van der Waals surface area contributed by atoms with Crippen LogP contribution in [0.15, 0.2) is 55.1 Å². The summed E-state index contributed by atoms with van der Waals surface area (Å²) in [6.07, 6.45) is 3.46. The van der Waals surface area contributed by atoms with Gasteiger partial charge in [-0.25, -0.2) is 18.4 Å². The van der Waals surface area contributed by atoms with Crippen LogP contribution in [0.3, 0.4) is 0 Å². The van der Waals surface area contributed by atoms with Gasteiger partial charge in [0.2, 0.25) is 0 Å². The van der Waals surface area contributed by atoms with E-state index in [1.54, 1.807) is 12.1 Å². The van der Waals surface area contributed by atoms with Crippen molar-refractivity contribution in [2.75, 3.05) is 13.1 Å². The molecule has 1 N–H and O–H groups in total. The minimum absolute atomic E-state index is 0.0129. The Balaban J connectivity index is 1.55. The summed E-state index contributed by atoms with van der Waals surface area (Å²) in [4.78, 5) is 5.94. The van der Waals surface area contributed by atoms with Gasteiger partial charge in [0, 0.05) is 35.8 Å². The first-order chi connectivity index (χ1) is 14.8. The summed E-state index contributed by atoms with van der Waals surface area (Å²) in [5.41, 5.74) is -1.65. The molecule has 1 aromatic heterocycles. The molecule has 164 valence electrons. The highest BCUT2D eigenvalue weighted by atomic mass is 35.5. The Kier molecular flexibility index (Phi) is 6.22. The number of benzene rings is 2. The molecule has 1 aliphatic heterocycles. The zero-order valence-electron chi connectivity index (χ0n) is 17.0. The number of aliphatic hydroxyl groups is 1. The fraction of sp³-hybridized carbons (Fsp3) is 0.364. The third-order valence-corrected chi connectivity index (χ3v) is 6.05. The molecule has 0 unspecified atom stereocenters. The summed E-state index contributed by atoms with van der Waals surface area (Å²) in [6, 6.07) is 9.86. The van der Waals surface area contributed by atoms with Crippen LogP contribution in [0.1, 0.15) is 18.9 Å². The van der Waals surface area contributed by atoms with Crippen molar-refractivity contribution in [3.8, 4) is 5.75 Å². The van der Waals surface area contributed by atoms with Crippen LogP contribution in [0.2, 0.25) is 5.02 Å². The largest absolute Gasteiger partial charge is 0.489 e. The molecule has 0 spiro atoms. The molecule has 3 aromatic rings. The lowest BCUT2D eigenvalue weighted by atomic mass is 9.85. The van der Waals surface area contributed by atoms with E-state index >= 15 is 0 Å². The molecule has 0 bridgehead atoms. The molecule has 4 rings (SSSR count). The van der Waals surface area contributed by atoms with Crippen LogP contribution in [-0.2, 0) is 12.1 Å². The Labute approximate surface area is 184 Å².